The van der Waals surface area contributed by atoms with Gasteiger partial charge in [0.15, 0.2) is 0 Å². The molecule has 4 heteroatoms. The van der Waals surface area contributed by atoms with Crippen LogP contribution < -0.4 is 10.6 Å². The van der Waals surface area contributed by atoms with Crippen molar-refractivity contribution in [2.24, 2.45) is 5.92 Å². The van der Waals surface area contributed by atoms with E-state index in [-0.39, 0.29) is 17.9 Å². The molecule has 1 aliphatic rings. The van der Waals surface area contributed by atoms with Crippen molar-refractivity contribution in [3.05, 3.63) is 11.3 Å². The topological polar surface area (TPSA) is 58.2 Å². The van der Waals surface area contributed by atoms with Crippen LogP contribution in [0.5, 0.6) is 0 Å². The second-order valence-electron chi connectivity index (χ2n) is 4.52. The third-order valence-electron chi connectivity index (χ3n) is 2.30. The van der Waals surface area contributed by atoms with Crippen molar-refractivity contribution < 1.29 is 9.59 Å². The van der Waals surface area contributed by atoms with Crippen molar-refractivity contribution in [2.45, 2.75) is 40.2 Å². The Labute approximate surface area is 90.1 Å². The molecule has 1 aliphatic heterocycles. The number of rotatable bonds is 2. The zero-order valence-corrected chi connectivity index (χ0v) is 9.68. The van der Waals surface area contributed by atoms with Crippen LogP contribution >= 0.6 is 0 Å². The molecule has 2 N–H and O–H groups in total. The van der Waals surface area contributed by atoms with Gasteiger partial charge in [-0.3, -0.25) is 9.59 Å². The van der Waals surface area contributed by atoms with Crippen molar-refractivity contribution in [3.8, 4) is 0 Å². The van der Waals surface area contributed by atoms with Gasteiger partial charge in [0.2, 0.25) is 5.91 Å². The van der Waals surface area contributed by atoms with Gasteiger partial charge in [0, 0.05) is 0 Å². The summed E-state index contributed by atoms with van der Waals surface area (Å²) in [5, 5.41) is 5.37. The van der Waals surface area contributed by atoms with Crippen LogP contribution in [0, 0.1) is 5.92 Å². The van der Waals surface area contributed by atoms with Gasteiger partial charge in [-0.1, -0.05) is 13.8 Å². The smallest absolute Gasteiger partial charge is 0.268 e. The maximum absolute atomic E-state index is 11.6. The lowest BCUT2D eigenvalue weighted by Crippen LogP contribution is -2.55. The number of carbonyl (C=O) groups is 2. The molecule has 0 spiro atoms. The van der Waals surface area contributed by atoms with Crippen LogP contribution in [-0.4, -0.2) is 17.9 Å². The van der Waals surface area contributed by atoms with Gasteiger partial charge in [-0.15, -0.1) is 0 Å². The van der Waals surface area contributed by atoms with Crippen LogP contribution in [0.3, 0.4) is 0 Å². The minimum absolute atomic E-state index is 0.112. The molecule has 15 heavy (non-hydrogen) atoms. The molecule has 4 nitrogen and oxygen atoms in total. The van der Waals surface area contributed by atoms with E-state index < -0.39 is 0 Å². The maximum atomic E-state index is 11.6. The minimum atomic E-state index is -0.388. The number of piperazine rings is 1. The van der Waals surface area contributed by atoms with Gasteiger partial charge >= 0.3 is 0 Å². The van der Waals surface area contributed by atoms with Crippen LogP contribution in [0.4, 0.5) is 0 Å². The summed E-state index contributed by atoms with van der Waals surface area (Å²) in [6.07, 6.45) is 0.674. The fraction of sp³-hybridized carbons (Fsp3) is 0.636. The predicted octanol–water partition coefficient (Wildman–Crippen LogP) is 0.941. The Balaban J connectivity index is 2.76. The van der Waals surface area contributed by atoms with Crippen molar-refractivity contribution in [1.29, 1.82) is 0 Å². The highest BCUT2D eigenvalue weighted by molar-refractivity contribution is 6.04. The van der Waals surface area contributed by atoms with Crippen LogP contribution in [0.2, 0.25) is 0 Å². The third-order valence-corrected chi connectivity index (χ3v) is 2.30. The molecule has 1 fully saturated rings. The van der Waals surface area contributed by atoms with E-state index in [0.717, 1.165) is 5.57 Å². The van der Waals surface area contributed by atoms with Crippen LogP contribution in [0.1, 0.15) is 34.1 Å². The Morgan fingerprint density at radius 3 is 2.40 bits per heavy atom. The summed E-state index contributed by atoms with van der Waals surface area (Å²) >= 11 is 0. The molecule has 0 radical (unpaired) electrons. The number of carbonyl (C=O) groups excluding carboxylic acids is 2. The quantitative estimate of drug-likeness (QED) is 0.666. The zero-order valence-electron chi connectivity index (χ0n) is 9.68. The first-order valence-corrected chi connectivity index (χ1v) is 5.21. The first-order valence-electron chi connectivity index (χ1n) is 5.21. The number of hydrogen-bond donors (Lipinski definition) is 2. The third kappa shape index (κ3) is 2.81. The number of allylic oxidation sites excluding steroid dienone is 1. The fourth-order valence-electron chi connectivity index (χ4n) is 1.55. The standard InChI is InChI=1S/C11H18N2O2/c1-6(2)5-8-10(14)13-9(7(3)4)11(15)12-8/h6,8H,5H2,1-4H3,(H,12,15)(H,13,14). The van der Waals surface area contributed by atoms with E-state index >= 15 is 0 Å². The van der Waals surface area contributed by atoms with Crippen molar-refractivity contribution in [1.82, 2.24) is 10.6 Å². The lowest BCUT2D eigenvalue weighted by Gasteiger charge is -2.26. The van der Waals surface area contributed by atoms with Gasteiger partial charge in [-0.25, -0.2) is 0 Å². The maximum Gasteiger partial charge on any atom is 0.268 e. The summed E-state index contributed by atoms with van der Waals surface area (Å²) in [6, 6.07) is -0.388. The van der Waals surface area contributed by atoms with Gasteiger partial charge in [-0.2, -0.15) is 0 Å². The van der Waals surface area contributed by atoms with Crippen molar-refractivity contribution >= 4 is 11.8 Å². The summed E-state index contributed by atoms with van der Waals surface area (Å²) in [7, 11) is 0. The van der Waals surface area contributed by atoms with Gasteiger partial charge in [0.25, 0.3) is 5.91 Å². The summed E-state index contributed by atoms with van der Waals surface area (Å²) in [4.78, 5) is 23.2. The first kappa shape index (κ1) is 11.8. The van der Waals surface area contributed by atoms with E-state index in [9.17, 15) is 9.59 Å². The highest BCUT2D eigenvalue weighted by Crippen LogP contribution is 2.11. The van der Waals surface area contributed by atoms with E-state index in [1.54, 1.807) is 13.8 Å². The molecule has 0 aromatic carbocycles. The number of nitrogens with one attached hydrogen (secondary N) is 2. The van der Waals surface area contributed by atoms with Gasteiger partial charge in [0.05, 0.1) is 0 Å². The SMILES string of the molecule is CC(C)=C1NC(=O)C(CC(C)C)NC1=O. The molecule has 84 valence electrons. The lowest BCUT2D eigenvalue weighted by molar-refractivity contribution is -0.131. The molecule has 1 unspecified atom stereocenters. The lowest BCUT2D eigenvalue weighted by atomic mass is 10.0. The summed E-state index contributed by atoms with van der Waals surface area (Å²) in [5.74, 6) is 0.0917. The van der Waals surface area contributed by atoms with Gasteiger partial charge in [-0.05, 0) is 31.8 Å². The molecule has 1 saturated heterocycles. The van der Waals surface area contributed by atoms with Gasteiger partial charge < -0.3 is 10.6 Å². The molecule has 0 aromatic heterocycles. The fourth-order valence-corrected chi connectivity index (χ4v) is 1.55. The van der Waals surface area contributed by atoms with Crippen molar-refractivity contribution in [2.75, 3.05) is 0 Å². The molecule has 2 amide bonds. The number of amides is 2. The summed E-state index contributed by atoms with van der Waals surface area (Å²) in [6.45, 7) is 7.65. The normalized spacial score (nSPS) is 21.4. The van der Waals surface area contributed by atoms with Crippen molar-refractivity contribution in [3.63, 3.8) is 0 Å². The Morgan fingerprint density at radius 2 is 1.93 bits per heavy atom. The van der Waals surface area contributed by atoms with E-state index in [2.05, 4.69) is 10.6 Å². The monoisotopic (exact) mass is 210 g/mol. The largest absolute Gasteiger partial charge is 0.339 e. The molecular weight excluding hydrogens is 192 g/mol. The molecule has 0 aromatic rings. The molecule has 0 saturated carbocycles. The summed E-state index contributed by atoms with van der Waals surface area (Å²) in [5.41, 5.74) is 1.21. The molecule has 1 rings (SSSR count). The summed E-state index contributed by atoms with van der Waals surface area (Å²) < 4.78 is 0. The molecule has 0 aliphatic carbocycles. The molecular formula is C11H18N2O2. The highest BCUT2D eigenvalue weighted by Gasteiger charge is 2.30. The Kier molecular flexibility index (Phi) is 3.50. The average molecular weight is 210 g/mol. The second kappa shape index (κ2) is 4.47. The minimum Gasteiger partial charge on any atom is -0.339 e. The zero-order chi connectivity index (χ0) is 11.6. The predicted molar refractivity (Wildman–Crippen MR) is 57.9 cm³/mol. The molecule has 0 bridgehead atoms. The first-order chi connectivity index (χ1) is 6.91. The van der Waals surface area contributed by atoms with Crippen LogP contribution in [-0.2, 0) is 9.59 Å². The Morgan fingerprint density at radius 1 is 1.33 bits per heavy atom. The Bertz CT molecular complexity index is 315. The van der Waals surface area contributed by atoms with E-state index in [0.29, 0.717) is 18.0 Å². The van der Waals surface area contributed by atoms with E-state index in [1.807, 2.05) is 13.8 Å². The van der Waals surface area contributed by atoms with Gasteiger partial charge in [0.1, 0.15) is 11.7 Å². The average Bonchev–Trinajstić information content (AvgIpc) is 2.09. The Hall–Kier alpha value is -1.32. The molecule has 1 atom stereocenters. The molecule has 1 heterocycles. The van der Waals surface area contributed by atoms with E-state index in [1.165, 1.54) is 0 Å². The second-order valence-corrected chi connectivity index (χ2v) is 4.52. The van der Waals surface area contributed by atoms with Crippen LogP contribution in [0.15, 0.2) is 11.3 Å². The van der Waals surface area contributed by atoms with E-state index in [4.69, 9.17) is 0 Å². The number of hydrogen-bond acceptors (Lipinski definition) is 2. The highest BCUT2D eigenvalue weighted by atomic mass is 16.2. The van der Waals surface area contributed by atoms with Crippen LogP contribution in [0.25, 0.3) is 0 Å².